The van der Waals surface area contributed by atoms with Crippen LogP contribution in [0.1, 0.15) is 31.4 Å². The molecule has 0 unspecified atom stereocenters. The fraction of sp³-hybridized carbons (Fsp3) is 0.273. The monoisotopic (exact) mass is 492 g/mol. The number of alkyl halides is 2. The van der Waals surface area contributed by atoms with Crippen molar-refractivity contribution in [3.05, 3.63) is 47.0 Å². The van der Waals surface area contributed by atoms with Crippen molar-refractivity contribution in [3.63, 3.8) is 0 Å². The molecule has 0 bridgehead atoms. The van der Waals surface area contributed by atoms with Crippen LogP contribution in [0.15, 0.2) is 41.3 Å². The summed E-state index contributed by atoms with van der Waals surface area (Å²) in [5.74, 6) is -1.18. The van der Waals surface area contributed by atoms with E-state index in [-0.39, 0.29) is 23.8 Å². The summed E-state index contributed by atoms with van der Waals surface area (Å²) in [6, 6.07) is 9.60. The topological polar surface area (TPSA) is 89.0 Å². The van der Waals surface area contributed by atoms with E-state index in [9.17, 15) is 18.4 Å². The molecule has 2 aromatic rings. The van der Waals surface area contributed by atoms with E-state index in [1.54, 1.807) is 30.3 Å². The molecule has 1 amide bonds. The van der Waals surface area contributed by atoms with Crippen LogP contribution in [0.5, 0.6) is 11.5 Å². The number of amides is 1. The van der Waals surface area contributed by atoms with E-state index in [4.69, 9.17) is 17.3 Å². The van der Waals surface area contributed by atoms with Crippen LogP contribution >= 0.6 is 24.0 Å². The van der Waals surface area contributed by atoms with Crippen molar-refractivity contribution in [3.8, 4) is 22.8 Å². The molecule has 1 aromatic carbocycles. The summed E-state index contributed by atoms with van der Waals surface area (Å²) in [5, 5.41) is 8.69. The molecular weight excluding hydrogens is 474 g/mol. The number of aliphatic carboxylic acids is 1. The molecule has 0 saturated carbocycles. The second-order valence-corrected chi connectivity index (χ2v) is 8.99. The predicted molar refractivity (Wildman–Crippen MR) is 122 cm³/mol. The highest BCUT2D eigenvalue weighted by molar-refractivity contribution is 8.26. The molecule has 33 heavy (non-hydrogen) atoms. The van der Waals surface area contributed by atoms with Gasteiger partial charge in [0.15, 0.2) is 11.5 Å². The van der Waals surface area contributed by atoms with Crippen LogP contribution in [0.25, 0.3) is 17.3 Å². The zero-order valence-electron chi connectivity index (χ0n) is 17.1. The lowest BCUT2D eigenvalue weighted by Gasteiger charge is -2.13. The van der Waals surface area contributed by atoms with Gasteiger partial charge in [0, 0.05) is 18.5 Å². The smallest absolute Gasteiger partial charge is 0.481 e. The van der Waals surface area contributed by atoms with Gasteiger partial charge in [-0.2, -0.15) is 0 Å². The third-order valence-corrected chi connectivity index (χ3v) is 6.27. The predicted octanol–water partition coefficient (Wildman–Crippen LogP) is 4.92. The molecule has 4 rings (SSSR count). The average molecular weight is 493 g/mol. The molecule has 11 heteroatoms. The number of hydrogen-bond donors (Lipinski definition) is 1. The number of carbonyl (C=O) groups excluding carboxylic acids is 1. The third-order valence-electron chi connectivity index (χ3n) is 4.89. The highest BCUT2D eigenvalue weighted by Crippen LogP contribution is 2.42. The Hall–Kier alpha value is -3.05. The lowest BCUT2D eigenvalue weighted by Crippen LogP contribution is -2.29. The van der Waals surface area contributed by atoms with Crippen molar-refractivity contribution in [1.82, 2.24) is 9.88 Å². The van der Waals surface area contributed by atoms with Gasteiger partial charge in [0.05, 0.1) is 16.3 Å². The van der Waals surface area contributed by atoms with Gasteiger partial charge < -0.3 is 14.6 Å². The number of carbonyl (C=O) groups is 2. The summed E-state index contributed by atoms with van der Waals surface area (Å²) in [6.07, 6.45) is -0.0622. The molecule has 2 aliphatic heterocycles. The zero-order chi connectivity index (χ0) is 23.6. The molecule has 7 nitrogen and oxygen atoms in total. The number of fused-ring (bicyclic) bond motifs is 1. The quantitative estimate of drug-likeness (QED) is 0.316. The van der Waals surface area contributed by atoms with Gasteiger partial charge in [0.25, 0.3) is 5.91 Å². The number of carboxylic acids is 1. The molecule has 0 radical (unpaired) electrons. The third kappa shape index (κ3) is 5.48. The number of aromatic nitrogens is 1. The highest BCUT2D eigenvalue weighted by Gasteiger charge is 2.43. The fourth-order valence-corrected chi connectivity index (χ4v) is 4.64. The molecule has 0 aliphatic carbocycles. The lowest BCUT2D eigenvalue weighted by atomic mass is 10.1. The van der Waals surface area contributed by atoms with Crippen molar-refractivity contribution in [2.75, 3.05) is 6.54 Å². The van der Waals surface area contributed by atoms with Crippen molar-refractivity contribution in [1.29, 1.82) is 0 Å². The summed E-state index contributed by atoms with van der Waals surface area (Å²) >= 11 is 6.50. The number of benzene rings is 1. The number of unbranched alkanes of at least 4 members (excludes halogenated alkanes) is 2. The Morgan fingerprint density at radius 1 is 1.18 bits per heavy atom. The summed E-state index contributed by atoms with van der Waals surface area (Å²) in [4.78, 5) is 29.8. The molecule has 1 N–H and O–H groups in total. The number of pyridine rings is 1. The number of halogens is 2. The molecule has 2 aliphatic rings. The minimum Gasteiger partial charge on any atom is -0.481 e. The zero-order valence-corrected chi connectivity index (χ0v) is 18.8. The van der Waals surface area contributed by atoms with Crippen LogP contribution in [-0.4, -0.2) is 44.0 Å². The normalized spacial score (nSPS) is 17.8. The summed E-state index contributed by atoms with van der Waals surface area (Å²) in [7, 11) is 0. The largest absolute Gasteiger partial charge is 0.586 e. The number of thioether (sulfide) groups is 1. The minimum atomic E-state index is -3.69. The SMILES string of the molecule is O=C(O)CCCCCN1C(=O)C(=Cc2cccc(-c3ccc4c(c3)OC(F)(F)O4)n2)SC1=S. The molecule has 0 spiro atoms. The van der Waals surface area contributed by atoms with Crippen LogP contribution in [0.3, 0.4) is 0 Å². The lowest BCUT2D eigenvalue weighted by molar-refractivity contribution is -0.286. The first-order chi connectivity index (χ1) is 15.7. The van der Waals surface area contributed by atoms with Crippen LogP contribution in [0, 0.1) is 0 Å². The van der Waals surface area contributed by atoms with Gasteiger partial charge in [-0.25, -0.2) is 4.98 Å². The summed E-state index contributed by atoms with van der Waals surface area (Å²) in [5.41, 5.74) is 1.58. The standard InChI is InChI=1S/C22H18F2N2O5S2/c23-22(24)30-16-9-8-13(11-17(16)31-22)15-6-4-5-14(25-15)12-18-20(29)26(21(32)33-18)10-3-1-2-7-19(27)28/h4-6,8-9,11-12H,1-3,7,10H2,(H,27,28). The Balaban J connectivity index is 1.45. The molecular formula is C22H18F2N2O5S2. The van der Waals surface area contributed by atoms with Crippen LogP contribution < -0.4 is 9.47 Å². The van der Waals surface area contributed by atoms with E-state index < -0.39 is 12.3 Å². The van der Waals surface area contributed by atoms with E-state index in [0.717, 1.165) is 0 Å². The number of thiocarbonyl (C=S) groups is 1. The highest BCUT2D eigenvalue weighted by atomic mass is 32.2. The van der Waals surface area contributed by atoms with Gasteiger partial charge in [-0.15, -0.1) is 8.78 Å². The minimum absolute atomic E-state index is 0.0495. The number of ether oxygens (including phenoxy) is 2. The second kappa shape index (κ2) is 9.44. The maximum absolute atomic E-state index is 13.3. The summed E-state index contributed by atoms with van der Waals surface area (Å²) < 4.78 is 35.9. The Bertz CT molecular complexity index is 1160. The van der Waals surface area contributed by atoms with Crippen LogP contribution in [0.4, 0.5) is 8.78 Å². The first-order valence-corrected chi connectivity index (χ1v) is 11.3. The van der Waals surface area contributed by atoms with Gasteiger partial charge in [-0.05, 0) is 49.2 Å². The van der Waals surface area contributed by atoms with Crippen LogP contribution in [-0.2, 0) is 9.59 Å². The van der Waals surface area contributed by atoms with Crippen molar-refractivity contribution in [2.24, 2.45) is 0 Å². The Morgan fingerprint density at radius 3 is 2.76 bits per heavy atom. The Kier molecular flexibility index (Phi) is 6.61. The van der Waals surface area contributed by atoms with E-state index in [1.807, 2.05) is 0 Å². The van der Waals surface area contributed by atoms with Gasteiger partial charge in [-0.3, -0.25) is 14.5 Å². The van der Waals surface area contributed by atoms with Crippen molar-refractivity contribution < 1.29 is 33.0 Å². The number of carboxylic acid groups (broad SMARTS) is 1. The van der Waals surface area contributed by atoms with E-state index in [2.05, 4.69) is 14.5 Å². The maximum atomic E-state index is 13.3. The molecule has 1 aromatic heterocycles. The number of nitrogens with zero attached hydrogens (tertiary/aromatic N) is 2. The van der Waals surface area contributed by atoms with Gasteiger partial charge in [-0.1, -0.05) is 36.5 Å². The molecule has 1 fully saturated rings. The van der Waals surface area contributed by atoms with E-state index >= 15 is 0 Å². The Labute approximate surface area is 197 Å². The van der Waals surface area contributed by atoms with Gasteiger partial charge in [0.2, 0.25) is 0 Å². The van der Waals surface area contributed by atoms with E-state index in [1.165, 1.54) is 28.8 Å². The van der Waals surface area contributed by atoms with Crippen LogP contribution in [0.2, 0.25) is 0 Å². The van der Waals surface area contributed by atoms with Crippen molar-refractivity contribution >= 4 is 46.3 Å². The number of hydrogen-bond acceptors (Lipinski definition) is 7. The van der Waals surface area contributed by atoms with E-state index in [0.29, 0.717) is 52.0 Å². The second-order valence-electron chi connectivity index (χ2n) is 7.31. The molecule has 172 valence electrons. The van der Waals surface area contributed by atoms with Gasteiger partial charge in [0.1, 0.15) is 4.32 Å². The summed E-state index contributed by atoms with van der Waals surface area (Å²) in [6.45, 7) is 0.428. The van der Waals surface area contributed by atoms with Crippen molar-refractivity contribution in [2.45, 2.75) is 32.0 Å². The first kappa shape index (κ1) is 23.1. The molecule has 0 atom stereocenters. The first-order valence-electron chi connectivity index (χ1n) is 10.1. The van der Waals surface area contributed by atoms with Gasteiger partial charge >= 0.3 is 12.3 Å². The maximum Gasteiger partial charge on any atom is 0.586 e. The fourth-order valence-electron chi connectivity index (χ4n) is 3.35. The number of rotatable bonds is 8. The molecule has 3 heterocycles. The Morgan fingerprint density at radius 2 is 1.97 bits per heavy atom. The molecule has 1 saturated heterocycles. The average Bonchev–Trinajstić information content (AvgIpc) is 3.21.